The van der Waals surface area contributed by atoms with Crippen LogP contribution in [0.1, 0.15) is 36.8 Å². The van der Waals surface area contributed by atoms with Crippen LogP contribution in [0.5, 0.6) is 0 Å². The van der Waals surface area contributed by atoms with Gasteiger partial charge in [0.1, 0.15) is 0 Å². The van der Waals surface area contributed by atoms with Crippen molar-refractivity contribution >= 4 is 0 Å². The number of piperidine rings is 1. The molecule has 1 atom stereocenters. The minimum Gasteiger partial charge on any atom is -0.379 e. The van der Waals surface area contributed by atoms with Crippen molar-refractivity contribution in [1.82, 2.24) is 19.6 Å². The molecular formula is C22H32N4O. The Balaban J connectivity index is 1.34. The van der Waals surface area contributed by atoms with Gasteiger partial charge in [-0.15, -0.1) is 0 Å². The van der Waals surface area contributed by atoms with E-state index < -0.39 is 0 Å². The Morgan fingerprint density at radius 1 is 1.00 bits per heavy atom. The molecule has 2 saturated heterocycles. The zero-order chi connectivity index (χ0) is 18.3. The largest absolute Gasteiger partial charge is 0.379 e. The second kappa shape index (κ2) is 9.49. The second-order valence-corrected chi connectivity index (χ2v) is 7.89. The highest BCUT2D eigenvalue weighted by atomic mass is 16.5. The van der Waals surface area contributed by atoms with Crippen molar-refractivity contribution in [3.05, 3.63) is 53.9 Å². The van der Waals surface area contributed by atoms with Gasteiger partial charge < -0.3 is 4.74 Å². The minimum absolute atomic E-state index is 0.719. The van der Waals surface area contributed by atoms with Gasteiger partial charge in [0.25, 0.3) is 0 Å². The number of ether oxygens (including phenoxy) is 1. The molecule has 0 aliphatic carbocycles. The molecule has 5 nitrogen and oxygen atoms in total. The fraction of sp³-hybridized carbons (Fsp3) is 0.591. The zero-order valence-corrected chi connectivity index (χ0v) is 16.3. The van der Waals surface area contributed by atoms with E-state index >= 15 is 0 Å². The summed E-state index contributed by atoms with van der Waals surface area (Å²) in [5.41, 5.74) is 2.76. The van der Waals surface area contributed by atoms with Gasteiger partial charge in [-0.3, -0.25) is 14.5 Å². The summed E-state index contributed by atoms with van der Waals surface area (Å²) in [7, 11) is 0. The average molecular weight is 369 g/mol. The predicted molar refractivity (Wildman–Crippen MR) is 108 cm³/mol. The summed E-state index contributed by atoms with van der Waals surface area (Å²) in [6.45, 7) is 8.36. The van der Waals surface area contributed by atoms with Gasteiger partial charge in [0.2, 0.25) is 0 Å². The number of morpholine rings is 1. The van der Waals surface area contributed by atoms with Crippen molar-refractivity contribution in [2.45, 2.75) is 44.8 Å². The number of hydrogen-bond donors (Lipinski definition) is 0. The molecular weight excluding hydrogens is 336 g/mol. The molecule has 3 heterocycles. The summed E-state index contributed by atoms with van der Waals surface area (Å²) in [4.78, 5) is 5.29. The van der Waals surface area contributed by atoms with E-state index in [9.17, 15) is 0 Å². The van der Waals surface area contributed by atoms with E-state index in [1.807, 2.05) is 23.1 Å². The van der Waals surface area contributed by atoms with Gasteiger partial charge in [0, 0.05) is 38.1 Å². The number of nitrogens with zero attached hydrogens (tertiary/aromatic N) is 4. The summed E-state index contributed by atoms with van der Waals surface area (Å²) >= 11 is 0. The Labute approximate surface area is 162 Å². The van der Waals surface area contributed by atoms with Gasteiger partial charge in [-0.25, -0.2) is 0 Å². The molecule has 0 saturated carbocycles. The van der Waals surface area contributed by atoms with Crippen LogP contribution in [0.3, 0.4) is 0 Å². The molecule has 0 N–H and O–H groups in total. The fourth-order valence-electron chi connectivity index (χ4n) is 4.39. The average Bonchev–Trinajstić information content (AvgIpc) is 3.21. The maximum Gasteiger partial charge on any atom is 0.0659 e. The summed E-state index contributed by atoms with van der Waals surface area (Å²) in [5.74, 6) is 0. The maximum absolute atomic E-state index is 5.48. The van der Waals surface area contributed by atoms with Crippen LogP contribution in [-0.2, 0) is 17.8 Å². The normalized spacial score (nSPS) is 22.1. The molecule has 27 heavy (non-hydrogen) atoms. The van der Waals surface area contributed by atoms with Gasteiger partial charge >= 0.3 is 0 Å². The van der Waals surface area contributed by atoms with Gasteiger partial charge in [-0.1, -0.05) is 30.7 Å². The molecule has 0 amide bonds. The Morgan fingerprint density at radius 3 is 2.67 bits per heavy atom. The predicted octanol–water partition coefficient (Wildman–Crippen LogP) is 3.01. The molecule has 1 aromatic carbocycles. The molecule has 2 aliphatic rings. The highest BCUT2D eigenvalue weighted by Gasteiger charge is 2.23. The number of rotatable bonds is 7. The van der Waals surface area contributed by atoms with Crippen LogP contribution in [0.4, 0.5) is 0 Å². The first-order chi connectivity index (χ1) is 13.4. The van der Waals surface area contributed by atoms with Crippen molar-refractivity contribution in [2.75, 3.05) is 39.4 Å². The van der Waals surface area contributed by atoms with Crippen molar-refractivity contribution < 1.29 is 4.74 Å². The molecule has 2 fully saturated rings. The molecule has 0 bridgehead atoms. The van der Waals surface area contributed by atoms with E-state index in [2.05, 4.69) is 39.2 Å². The summed E-state index contributed by atoms with van der Waals surface area (Å²) in [6.07, 6.45) is 9.21. The molecule has 2 aromatic rings. The summed E-state index contributed by atoms with van der Waals surface area (Å²) < 4.78 is 7.47. The van der Waals surface area contributed by atoms with Gasteiger partial charge in [0.05, 0.1) is 19.8 Å². The Kier molecular flexibility index (Phi) is 6.56. The monoisotopic (exact) mass is 368 g/mol. The van der Waals surface area contributed by atoms with Crippen molar-refractivity contribution in [3.63, 3.8) is 0 Å². The van der Waals surface area contributed by atoms with Crippen LogP contribution in [0.25, 0.3) is 0 Å². The first-order valence-corrected chi connectivity index (χ1v) is 10.5. The number of hydrogen-bond acceptors (Lipinski definition) is 4. The van der Waals surface area contributed by atoms with Crippen LogP contribution in [0.15, 0.2) is 42.7 Å². The van der Waals surface area contributed by atoms with Crippen LogP contribution >= 0.6 is 0 Å². The second-order valence-electron chi connectivity index (χ2n) is 7.89. The number of likely N-dealkylation sites (tertiary alicyclic amines) is 1. The summed E-state index contributed by atoms with van der Waals surface area (Å²) in [5, 5.41) is 4.33. The lowest BCUT2D eigenvalue weighted by atomic mass is 9.98. The van der Waals surface area contributed by atoms with E-state index in [4.69, 9.17) is 4.74 Å². The zero-order valence-electron chi connectivity index (χ0n) is 16.3. The summed E-state index contributed by atoms with van der Waals surface area (Å²) in [6, 6.07) is 11.7. The molecule has 0 unspecified atom stereocenters. The molecule has 146 valence electrons. The maximum atomic E-state index is 5.48. The van der Waals surface area contributed by atoms with E-state index in [1.54, 1.807) is 0 Å². The van der Waals surface area contributed by atoms with Gasteiger partial charge in [-0.05, 0) is 49.5 Å². The SMILES string of the molecule is c1cc(CN2CCCC[C@@H]2CCN2CCOCC2)cc(Cn2cccn2)c1. The van der Waals surface area contributed by atoms with Crippen molar-refractivity contribution in [3.8, 4) is 0 Å². The topological polar surface area (TPSA) is 33.5 Å². The third-order valence-electron chi connectivity index (χ3n) is 5.91. The van der Waals surface area contributed by atoms with E-state index in [0.717, 1.165) is 45.4 Å². The third-order valence-corrected chi connectivity index (χ3v) is 5.91. The Hall–Kier alpha value is -1.69. The first-order valence-electron chi connectivity index (χ1n) is 10.5. The molecule has 0 spiro atoms. The lowest BCUT2D eigenvalue weighted by molar-refractivity contribution is 0.0302. The third kappa shape index (κ3) is 5.41. The van der Waals surface area contributed by atoms with E-state index in [-0.39, 0.29) is 0 Å². The van der Waals surface area contributed by atoms with Crippen LogP contribution in [-0.4, -0.2) is 65.0 Å². The Morgan fingerprint density at radius 2 is 1.85 bits per heavy atom. The molecule has 2 aliphatic heterocycles. The van der Waals surface area contributed by atoms with E-state index in [1.165, 1.54) is 49.9 Å². The lowest BCUT2D eigenvalue weighted by Crippen LogP contribution is -2.43. The quantitative estimate of drug-likeness (QED) is 0.752. The van der Waals surface area contributed by atoms with Crippen LogP contribution in [0.2, 0.25) is 0 Å². The van der Waals surface area contributed by atoms with Crippen molar-refractivity contribution in [2.24, 2.45) is 0 Å². The van der Waals surface area contributed by atoms with Crippen LogP contribution in [0, 0.1) is 0 Å². The minimum atomic E-state index is 0.719. The standard InChI is InChI=1S/C22H32N4O/c1-2-10-25(22(7-1)8-12-24-13-15-27-16-14-24)18-20-5-3-6-21(17-20)19-26-11-4-9-23-26/h3-6,9,11,17,22H,1-2,7-8,10,12-16,18-19H2/t22-/m1/s1. The lowest BCUT2D eigenvalue weighted by Gasteiger charge is -2.37. The van der Waals surface area contributed by atoms with Gasteiger partial charge in [-0.2, -0.15) is 5.10 Å². The molecule has 4 rings (SSSR count). The van der Waals surface area contributed by atoms with Crippen molar-refractivity contribution in [1.29, 1.82) is 0 Å². The highest BCUT2D eigenvalue weighted by Crippen LogP contribution is 2.23. The number of benzene rings is 1. The van der Waals surface area contributed by atoms with E-state index in [0.29, 0.717) is 0 Å². The Bertz CT molecular complexity index is 681. The highest BCUT2D eigenvalue weighted by molar-refractivity contribution is 5.23. The molecule has 1 aromatic heterocycles. The number of aromatic nitrogens is 2. The van der Waals surface area contributed by atoms with Crippen LogP contribution < -0.4 is 0 Å². The van der Waals surface area contributed by atoms with Gasteiger partial charge in [0.15, 0.2) is 0 Å². The molecule has 0 radical (unpaired) electrons. The first kappa shape index (κ1) is 18.7. The smallest absolute Gasteiger partial charge is 0.0659 e. The molecule has 5 heteroatoms. The fourth-order valence-corrected chi connectivity index (χ4v) is 4.39.